The number of benzene rings is 1. The van der Waals surface area contributed by atoms with Crippen LogP contribution >= 0.6 is 12.4 Å². The highest BCUT2D eigenvalue weighted by Crippen LogP contribution is 2.33. The SMILES string of the molecule is Cl.N#Cc1cc(S(=O)(=O)N2CCC(N3CCNCC3)C2)ccc1C(F)(F)F. The number of hydrogen-bond acceptors (Lipinski definition) is 5. The lowest BCUT2D eigenvalue weighted by atomic mass is 10.1. The van der Waals surface area contributed by atoms with Gasteiger partial charge >= 0.3 is 6.18 Å². The molecule has 1 unspecified atom stereocenters. The van der Waals surface area contributed by atoms with Gasteiger partial charge in [0.25, 0.3) is 0 Å². The number of piperazine rings is 1. The van der Waals surface area contributed by atoms with E-state index in [1.165, 1.54) is 10.4 Å². The smallest absolute Gasteiger partial charge is 0.314 e. The molecular formula is C16H20ClF3N4O2S. The van der Waals surface area contributed by atoms with E-state index in [1.807, 2.05) is 0 Å². The molecule has 2 heterocycles. The maximum absolute atomic E-state index is 12.9. The first-order chi connectivity index (χ1) is 12.2. The van der Waals surface area contributed by atoms with Gasteiger partial charge in [-0.3, -0.25) is 4.90 Å². The van der Waals surface area contributed by atoms with Crippen molar-refractivity contribution in [3.05, 3.63) is 29.3 Å². The Morgan fingerprint density at radius 2 is 1.85 bits per heavy atom. The van der Waals surface area contributed by atoms with E-state index in [-0.39, 0.29) is 23.3 Å². The van der Waals surface area contributed by atoms with E-state index in [4.69, 9.17) is 5.26 Å². The Balaban J connectivity index is 0.00000261. The molecule has 3 rings (SSSR count). The summed E-state index contributed by atoms with van der Waals surface area (Å²) in [5, 5.41) is 12.2. The fourth-order valence-corrected chi connectivity index (χ4v) is 4.97. The van der Waals surface area contributed by atoms with Gasteiger partial charge in [0.15, 0.2) is 0 Å². The normalized spacial score (nSPS) is 22.2. The summed E-state index contributed by atoms with van der Waals surface area (Å²) >= 11 is 0. The maximum Gasteiger partial charge on any atom is 0.417 e. The van der Waals surface area contributed by atoms with Crippen LogP contribution in [-0.4, -0.2) is 62.9 Å². The van der Waals surface area contributed by atoms with Gasteiger partial charge in [0, 0.05) is 45.3 Å². The van der Waals surface area contributed by atoms with E-state index in [2.05, 4.69) is 10.2 Å². The molecule has 6 nitrogen and oxygen atoms in total. The standard InChI is InChI=1S/C16H19F3N4O2S.ClH/c17-16(18,19)15-2-1-14(9-12(15)10-20)26(24,25)23-6-3-13(11-23)22-7-4-21-5-8-22;/h1-2,9,13,21H,3-8,11H2;1H. The molecule has 0 bridgehead atoms. The minimum Gasteiger partial charge on any atom is -0.314 e. The van der Waals surface area contributed by atoms with Gasteiger partial charge in [-0.05, 0) is 24.6 Å². The summed E-state index contributed by atoms with van der Waals surface area (Å²) in [6.45, 7) is 4.03. The highest BCUT2D eigenvalue weighted by molar-refractivity contribution is 7.89. The second-order valence-corrected chi connectivity index (χ2v) is 8.35. The largest absolute Gasteiger partial charge is 0.417 e. The molecule has 0 amide bonds. The monoisotopic (exact) mass is 424 g/mol. The topological polar surface area (TPSA) is 76.4 Å². The number of alkyl halides is 3. The van der Waals surface area contributed by atoms with Crippen LogP contribution in [0.25, 0.3) is 0 Å². The zero-order chi connectivity index (χ0) is 18.9. The number of rotatable bonds is 3. The second kappa shape index (κ2) is 8.32. The summed E-state index contributed by atoms with van der Waals surface area (Å²) in [5.74, 6) is 0. The van der Waals surface area contributed by atoms with Crippen LogP contribution in [-0.2, 0) is 16.2 Å². The molecule has 0 radical (unpaired) electrons. The molecule has 0 aromatic heterocycles. The lowest BCUT2D eigenvalue weighted by molar-refractivity contribution is -0.137. The Labute approximate surface area is 162 Å². The first-order valence-electron chi connectivity index (χ1n) is 8.30. The van der Waals surface area contributed by atoms with E-state index < -0.39 is 27.3 Å². The van der Waals surface area contributed by atoms with E-state index >= 15 is 0 Å². The molecule has 11 heteroatoms. The fraction of sp³-hybridized carbons (Fsp3) is 0.562. The van der Waals surface area contributed by atoms with Crippen molar-refractivity contribution < 1.29 is 21.6 Å². The summed E-state index contributed by atoms with van der Waals surface area (Å²) < 4.78 is 65.6. The van der Waals surface area contributed by atoms with Gasteiger partial charge in [0.1, 0.15) is 0 Å². The predicted octanol–water partition coefficient (Wildman–Crippen LogP) is 1.67. The Morgan fingerprint density at radius 1 is 1.19 bits per heavy atom. The Morgan fingerprint density at radius 3 is 2.44 bits per heavy atom. The van der Waals surface area contributed by atoms with Gasteiger partial charge in [-0.15, -0.1) is 12.4 Å². The van der Waals surface area contributed by atoms with Crippen molar-refractivity contribution in [3.8, 4) is 6.07 Å². The zero-order valence-corrected chi connectivity index (χ0v) is 16.0. The molecule has 0 aliphatic carbocycles. The lowest BCUT2D eigenvalue weighted by Gasteiger charge is -2.32. The van der Waals surface area contributed by atoms with Crippen molar-refractivity contribution >= 4 is 22.4 Å². The Hall–Kier alpha value is -1.38. The summed E-state index contributed by atoms with van der Waals surface area (Å²) in [5.41, 5.74) is -1.81. The summed E-state index contributed by atoms with van der Waals surface area (Å²) in [6, 6.07) is 3.96. The van der Waals surface area contributed by atoms with E-state index in [9.17, 15) is 21.6 Å². The molecular weight excluding hydrogens is 405 g/mol. The molecule has 1 aromatic carbocycles. The number of sulfonamides is 1. The fourth-order valence-electron chi connectivity index (χ4n) is 3.45. The van der Waals surface area contributed by atoms with Gasteiger partial charge in [-0.2, -0.15) is 22.7 Å². The molecule has 2 aliphatic heterocycles. The average molecular weight is 425 g/mol. The predicted molar refractivity (Wildman–Crippen MR) is 95.0 cm³/mol. The summed E-state index contributed by atoms with van der Waals surface area (Å²) in [6.07, 6.45) is -4.01. The average Bonchev–Trinajstić information content (AvgIpc) is 3.12. The van der Waals surface area contributed by atoms with Crippen LogP contribution < -0.4 is 5.32 Å². The summed E-state index contributed by atoms with van der Waals surface area (Å²) in [4.78, 5) is 1.96. The molecule has 0 spiro atoms. The number of halogens is 4. The van der Waals surface area contributed by atoms with Crippen LogP contribution in [0.5, 0.6) is 0 Å². The molecule has 1 aromatic rings. The van der Waals surface area contributed by atoms with Gasteiger partial charge in [0.05, 0.1) is 22.1 Å². The van der Waals surface area contributed by atoms with Crippen LogP contribution in [0.1, 0.15) is 17.5 Å². The Bertz CT molecular complexity index is 820. The number of nitriles is 1. The van der Waals surface area contributed by atoms with Crippen LogP contribution in [0.4, 0.5) is 13.2 Å². The lowest BCUT2D eigenvalue weighted by Crippen LogP contribution is -2.49. The van der Waals surface area contributed by atoms with E-state index in [0.717, 1.165) is 38.3 Å². The van der Waals surface area contributed by atoms with Gasteiger partial charge in [-0.25, -0.2) is 8.42 Å². The number of nitrogens with one attached hydrogen (secondary N) is 1. The minimum atomic E-state index is -4.70. The van der Waals surface area contributed by atoms with Crippen LogP contribution in [0.15, 0.2) is 23.1 Å². The van der Waals surface area contributed by atoms with Crippen LogP contribution in [0.2, 0.25) is 0 Å². The molecule has 0 saturated carbocycles. The molecule has 2 aliphatic rings. The van der Waals surface area contributed by atoms with E-state index in [0.29, 0.717) is 25.6 Å². The highest BCUT2D eigenvalue weighted by Gasteiger charge is 2.38. The molecule has 2 saturated heterocycles. The van der Waals surface area contributed by atoms with Crippen molar-refractivity contribution in [1.82, 2.24) is 14.5 Å². The first-order valence-corrected chi connectivity index (χ1v) is 9.74. The first kappa shape index (κ1) is 21.9. The highest BCUT2D eigenvalue weighted by atomic mass is 35.5. The summed E-state index contributed by atoms with van der Waals surface area (Å²) in [7, 11) is -3.93. The molecule has 1 N–H and O–H groups in total. The second-order valence-electron chi connectivity index (χ2n) is 6.41. The molecule has 27 heavy (non-hydrogen) atoms. The van der Waals surface area contributed by atoms with Crippen molar-refractivity contribution in [2.24, 2.45) is 0 Å². The van der Waals surface area contributed by atoms with Crippen molar-refractivity contribution in [1.29, 1.82) is 5.26 Å². The van der Waals surface area contributed by atoms with Crippen LogP contribution in [0, 0.1) is 11.3 Å². The van der Waals surface area contributed by atoms with Gasteiger partial charge in [0.2, 0.25) is 10.0 Å². The Kier molecular flexibility index (Phi) is 6.76. The maximum atomic E-state index is 12.9. The quantitative estimate of drug-likeness (QED) is 0.798. The number of hydrogen-bond donors (Lipinski definition) is 1. The van der Waals surface area contributed by atoms with E-state index in [1.54, 1.807) is 0 Å². The van der Waals surface area contributed by atoms with Crippen molar-refractivity contribution in [3.63, 3.8) is 0 Å². The molecule has 150 valence electrons. The molecule has 2 fully saturated rings. The third kappa shape index (κ3) is 4.55. The minimum absolute atomic E-state index is 0. The molecule has 1 atom stereocenters. The third-order valence-electron chi connectivity index (χ3n) is 4.85. The number of nitrogens with zero attached hydrogens (tertiary/aromatic N) is 3. The zero-order valence-electron chi connectivity index (χ0n) is 14.4. The van der Waals surface area contributed by atoms with Gasteiger partial charge < -0.3 is 5.32 Å². The van der Waals surface area contributed by atoms with Crippen LogP contribution in [0.3, 0.4) is 0 Å². The van der Waals surface area contributed by atoms with Gasteiger partial charge in [-0.1, -0.05) is 0 Å². The van der Waals surface area contributed by atoms with Crippen molar-refractivity contribution in [2.75, 3.05) is 39.3 Å². The third-order valence-corrected chi connectivity index (χ3v) is 6.71. The van der Waals surface area contributed by atoms with Crippen molar-refractivity contribution in [2.45, 2.75) is 23.5 Å².